The van der Waals surface area contributed by atoms with Crippen molar-refractivity contribution in [3.63, 3.8) is 0 Å². The normalized spacial score (nSPS) is 17.6. The summed E-state index contributed by atoms with van der Waals surface area (Å²) in [7, 11) is 1.74. The first-order valence-corrected chi connectivity index (χ1v) is 6.69. The predicted molar refractivity (Wildman–Crippen MR) is 73.4 cm³/mol. The zero-order chi connectivity index (χ0) is 14.0. The first-order valence-electron chi connectivity index (χ1n) is 6.69. The van der Waals surface area contributed by atoms with Crippen molar-refractivity contribution < 1.29 is 4.92 Å². The van der Waals surface area contributed by atoms with Crippen molar-refractivity contribution in [2.45, 2.75) is 32.7 Å². The Bertz CT molecular complexity index is 463. The Kier molecular flexibility index (Phi) is 4.04. The van der Waals surface area contributed by atoms with E-state index in [0.717, 1.165) is 32.5 Å². The van der Waals surface area contributed by atoms with Gasteiger partial charge in [-0.15, -0.1) is 0 Å². The summed E-state index contributed by atoms with van der Waals surface area (Å²) >= 11 is 0. The summed E-state index contributed by atoms with van der Waals surface area (Å²) in [5.74, 6) is 0.525. The van der Waals surface area contributed by atoms with E-state index in [2.05, 4.69) is 22.2 Å². The van der Waals surface area contributed by atoms with Crippen LogP contribution in [0.5, 0.6) is 0 Å². The third kappa shape index (κ3) is 2.86. The van der Waals surface area contributed by atoms with Crippen LogP contribution in [0.2, 0.25) is 0 Å². The molecule has 106 valence electrons. The molecule has 1 aromatic heterocycles. The average Bonchev–Trinajstić information content (AvgIpc) is 2.65. The van der Waals surface area contributed by atoms with Crippen molar-refractivity contribution >= 4 is 11.5 Å². The Morgan fingerprint density at radius 1 is 1.47 bits per heavy atom. The molecule has 1 fully saturated rings. The molecule has 0 saturated carbocycles. The molecule has 0 radical (unpaired) electrons. The van der Waals surface area contributed by atoms with Gasteiger partial charge in [-0.05, 0) is 26.3 Å². The van der Waals surface area contributed by atoms with Gasteiger partial charge in [0.1, 0.15) is 5.69 Å². The van der Waals surface area contributed by atoms with Crippen molar-refractivity contribution in [3.8, 4) is 0 Å². The third-order valence-electron chi connectivity index (χ3n) is 3.75. The van der Waals surface area contributed by atoms with Crippen molar-refractivity contribution in [2.24, 2.45) is 7.05 Å². The van der Waals surface area contributed by atoms with Crippen molar-refractivity contribution in [1.29, 1.82) is 0 Å². The van der Waals surface area contributed by atoms with E-state index in [1.54, 1.807) is 18.7 Å². The highest BCUT2D eigenvalue weighted by Gasteiger charge is 2.27. The summed E-state index contributed by atoms with van der Waals surface area (Å²) in [4.78, 5) is 13.1. The summed E-state index contributed by atoms with van der Waals surface area (Å²) in [6.45, 7) is 6.97. The van der Waals surface area contributed by atoms with Crippen molar-refractivity contribution in [1.82, 2.24) is 14.7 Å². The molecule has 1 N–H and O–H groups in total. The fourth-order valence-electron chi connectivity index (χ4n) is 2.61. The number of hydrogen-bond acceptors (Lipinski definition) is 5. The maximum atomic E-state index is 11.1. The van der Waals surface area contributed by atoms with E-state index in [9.17, 15) is 10.1 Å². The Hall–Kier alpha value is -1.63. The number of rotatable bonds is 4. The number of likely N-dealkylation sites (tertiary alicyclic amines) is 1. The van der Waals surface area contributed by atoms with Crippen LogP contribution in [0.1, 0.15) is 25.5 Å². The zero-order valence-corrected chi connectivity index (χ0v) is 11.7. The summed E-state index contributed by atoms with van der Waals surface area (Å²) in [5, 5.41) is 18.5. The fraction of sp³-hybridized carbons (Fsp3) is 0.750. The molecule has 1 aliphatic heterocycles. The van der Waals surface area contributed by atoms with E-state index in [-0.39, 0.29) is 16.7 Å². The smallest absolute Gasteiger partial charge is 0.333 e. The Balaban J connectivity index is 2.09. The van der Waals surface area contributed by atoms with Gasteiger partial charge in [0.2, 0.25) is 5.82 Å². The molecule has 7 heteroatoms. The molecule has 0 unspecified atom stereocenters. The van der Waals surface area contributed by atoms with Gasteiger partial charge in [0, 0.05) is 26.2 Å². The number of aromatic nitrogens is 2. The summed E-state index contributed by atoms with van der Waals surface area (Å²) in [6, 6.07) is 0.288. The molecule has 2 heterocycles. The number of anilines is 1. The van der Waals surface area contributed by atoms with Crippen LogP contribution in [0.3, 0.4) is 0 Å². The topological polar surface area (TPSA) is 76.2 Å². The molecule has 2 rings (SSSR count). The summed E-state index contributed by atoms with van der Waals surface area (Å²) < 4.78 is 1.57. The van der Waals surface area contributed by atoms with Gasteiger partial charge in [-0.25, -0.2) is 4.68 Å². The van der Waals surface area contributed by atoms with E-state index < -0.39 is 0 Å². The molecule has 0 aliphatic carbocycles. The van der Waals surface area contributed by atoms with Crippen molar-refractivity contribution in [2.75, 3.05) is 25.0 Å². The molecule has 7 nitrogen and oxygen atoms in total. The lowest BCUT2D eigenvalue weighted by Crippen LogP contribution is -2.39. The highest BCUT2D eigenvalue weighted by atomic mass is 16.6. The summed E-state index contributed by atoms with van der Waals surface area (Å²) in [5.41, 5.74) is 0.557. The number of nitrogens with zero attached hydrogens (tertiary/aromatic N) is 4. The second kappa shape index (κ2) is 5.56. The first-order chi connectivity index (χ1) is 9.02. The van der Waals surface area contributed by atoms with Crippen LogP contribution < -0.4 is 5.32 Å². The molecule has 0 amide bonds. The molecule has 0 spiro atoms. The molecule has 0 atom stereocenters. The monoisotopic (exact) mass is 267 g/mol. The highest BCUT2D eigenvalue weighted by Crippen LogP contribution is 2.29. The average molecular weight is 267 g/mol. The number of nitro groups is 1. The van der Waals surface area contributed by atoms with Crippen LogP contribution in [0.4, 0.5) is 11.5 Å². The van der Waals surface area contributed by atoms with E-state index >= 15 is 0 Å². The van der Waals surface area contributed by atoms with Crippen LogP contribution in [-0.4, -0.2) is 45.3 Å². The largest absolute Gasteiger partial charge is 0.362 e. The summed E-state index contributed by atoms with van der Waals surface area (Å²) in [6.07, 6.45) is 2.02. The van der Waals surface area contributed by atoms with E-state index in [4.69, 9.17) is 0 Å². The van der Waals surface area contributed by atoms with Gasteiger partial charge in [-0.2, -0.15) is 5.10 Å². The molecule has 1 aromatic rings. The van der Waals surface area contributed by atoms with Crippen molar-refractivity contribution in [3.05, 3.63) is 15.8 Å². The molecule has 1 saturated heterocycles. The Labute approximate surface area is 112 Å². The van der Waals surface area contributed by atoms with Crippen LogP contribution in [0, 0.1) is 17.0 Å². The molecule has 1 aliphatic rings. The SMILES string of the molecule is CCN1CCC(Nc2c([N+](=O)[O-])c(C)nn2C)CC1. The van der Waals surface area contributed by atoms with Gasteiger partial charge >= 0.3 is 5.69 Å². The molecule has 0 aromatic carbocycles. The van der Waals surface area contributed by atoms with Crippen LogP contribution in [0.15, 0.2) is 0 Å². The van der Waals surface area contributed by atoms with Gasteiger partial charge < -0.3 is 10.2 Å². The van der Waals surface area contributed by atoms with Crippen LogP contribution in [0.25, 0.3) is 0 Å². The number of aryl methyl sites for hydroxylation is 2. The number of hydrogen-bond donors (Lipinski definition) is 1. The van der Waals surface area contributed by atoms with E-state index in [1.165, 1.54) is 0 Å². The van der Waals surface area contributed by atoms with Gasteiger partial charge in [-0.1, -0.05) is 6.92 Å². The second-order valence-electron chi connectivity index (χ2n) is 5.02. The number of nitrogens with one attached hydrogen (secondary N) is 1. The maximum Gasteiger partial charge on any atom is 0.333 e. The second-order valence-corrected chi connectivity index (χ2v) is 5.02. The molecule has 19 heavy (non-hydrogen) atoms. The van der Waals surface area contributed by atoms with E-state index in [0.29, 0.717) is 11.5 Å². The lowest BCUT2D eigenvalue weighted by Gasteiger charge is -2.31. The molecule has 0 bridgehead atoms. The van der Waals surface area contributed by atoms with Gasteiger partial charge in [0.05, 0.1) is 4.92 Å². The number of piperidine rings is 1. The lowest BCUT2D eigenvalue weighted by molar-refractivity contribution is -0.384. The Morgan fingerprint density at radius 3 is 2.63 bits per heavy atom. The molecular weight excluding hydrogens is 246 g/mol. The first kappa shape index (κ1) is 13.8. The maximum absolute atomic E-state index is 11.1. The minimum atomic E-state index is -0.355. The van der Waals surface area contributed by atoms with Gasteiger partial charge in [-0.3, -0.25) is 10.1 Å². The van der Waals surface area contributed by atoms with E-state index in [1.807, 2.05) is 0 Å². The lowest BCUT2D eigenvalue weighted by atomic mass is 10.1. The highest BCUT2D eigenvalue weighted by molar-refractivity contribution is 5.59. The fourth-order valence-corrected chi connectivity index (χ4v) is 2.61. The van der Waals surface area contributed by atoms with Gasteiger partial charge in [0.25, 0.3) is 0 Å². The minimum absolute atomic E-state index is 0.0976. The van der Waals surface area contributed by atoms with Crippen LogP contribution >= 0.6 is 0 Å². The zero-order valence-electron chi connectivity index (χ0n) is 11.7. The Morgan fingerprint density at radius 2 is 2.11 bits per heavy atom. The third-order valence-corrected chi connectivity index (χ3v) is 3.75. The quantitative estimate of drug-likeness (QED) is 0.661. The molecular formula is C12H21N5O2. The van der Waals surface area contributed by atoms with Gasteiger partial charge in [0.15, 0.2) is 0 Å². The minimum Gasteiger partial charge on any atom is -0.362 e. The standard InChI is InChI=1S/C12H21N5O2/c1-4-16-7-5-10(6-8-16)13-12-11(17(18)19)9(2)14-15(12)3/h10,13H,4-8H2,1-3H3. The predicted octanol–water partition coefficient (Wildman–Crippen LogP) is 1.53. The van der Waals surface area contributed by atoms with Crippen LogP contribution in [-0.2, 0) is 7.05 Å².